The number of benzene rings is 1. The van der Waals surface area contributed by atoms with E-state index in [0.717, 1.165) is 0 Å². The highest BCUT2D eigenvalue weighted by molar-refractivity contribution is 7.31. The molecule has 0 atom stereocenters. The fourth-order valence-corrected chi connectivity index (χ4v) is 2.53. The summed E-state index contributed by atoms with van der Waals surface area (Å²) < 4.78 is 20.7. The van der Waals surface area contributed by atoms with Gasteiger partial charge in [-0.25, -0.2) is 4.79 Å². The van der Waals surface area contributed by atoms with E-state index in [1.165, 1.54) is 20.3 Å². The summed E-state index contributed by atoms with van der Waals surface area (Å²) in [7, 11) is 14.6. The maximum atomic E-state index is 11.6. The van der Waals surface area contributed by atoms with Crippen molar-refractivity contribution in [2.24, 2.45) is 0 Å². The van der Waals surface area contributed by atoms with Crippen molar-refractivity contribution in [3.8, 4) is 11.5 Å². The highest BCUT2D eigenvalue weighted by atomic mass is 35.7. The zero-order chi connectivity index (χ0) is 15.8. The number of rotatable bonds is 7. The van der Waals surface area contributed by atoms with Crippen LogP contribution in [0.25, 0.3) is 5.76 Å². The van der Waals surface area contributed by atoms with Gasteiger partial charge >= 0.3 is 18.6 Å². The van der Waals surface area contributed by atoms with Crippen LogP contribution >= 0.6 is 20.1 Å². The Hall–Kier alpha value is -1.06. The van der Waals surface area contributed by atoms with Crippen LogP contribution in [0.4, 0.5) is 0 Å². The molecular formula is C13H15AlCl2O5. The number of ether oxygens (including phenoxy) is 3. The van der Waals surface area contributed by atoms with Crippen molar-refractivity contribution in [2.45, 2.75) is 6.92 Å². The van der Waals surface area contributed by atoms with Gasteiger partial charge in [0.15, 0.2) is 0 Å². The summed E-state index contributed by atoms with van der Waals surface area (Å²) in [6.45, 7) is 1.96. The molecular weight excluding hydrogens is 334 g/mol. The van der Waals surface area contributed by atoms with Crippen LogP contribution in [-0.2, 0) is 13.3 Å². The van der Waals surface area contributed by atoms with E-state index in [1.807, 2.05) is 0 Å². The molecule has 0 heterocycles. The predicted octanol–water partition coefficient (Wildman–Crippen LogP) is 3.09. The zero-order valence-electron chi connectivity index (χ0n) is 11.9. The summed E-state index contributed by atoms with van der Waals surface area (Å²) in [6, 6.07) is 5.07. The van der Waals surface area contributed by atoms with Crippen molar-refractivity contribution in [3.63, 3.8) is 0 Å². The first kappa shape index (κ1) is 18.0. The summed E-state index contributed by atoms with van der Waals surface area (Å²) in [6.07, 6.45) is 1.19. The number of esters is 1. The molecule has 0 radical (unpaired) electrons. The number of hydrogen-bond acceptors (Lipinski definition) is 5. The van der Waals surface area contributed by atoms with Gasteiger partial charge in [-0.05, 0) is 25.1 Å². The SMILES string of the molecule is CCOC(=O)/C=C(\[O][Al]([Cl])[Cl])c1cc(OC)ccc1OC. The molecule has 0 saturated heterocycles. The lowest BCUT2D eigenvalue weighted by Gasteiger charge is -2.15. The molecule has 21 heavy (non-hydrogen) atoms. The van der Waals surface area contributed by atoms with Gasteiger partial charge in [-0.15, -0.1) is 0 Å². The van der Waals surface area contributed by atoms with Crippen molar-refractivity contribution in [1.29, 1.82) is 0 Å². The molecule has 0 aromatic heterocycles. The first-order chi connectivity index (χ1) is 10.0. The van der Waals surface area contributed by atoms with Gasteiger partial charge in [0.25, 0.3) is 0 Å². The minimum absolute atomic E-state index is 0.186. The average Bonchev–Trinajstić information content (AvgIpc) is 2.45. The average molecular weight is 349 g/mol. The van der Waals surface area contributed by atoms with Crippen LogP contribution in [0.2, 0.25) is 0 Å². The Morgan fingerprint density at radius 3 is 2.52 bits per heavy atom. The molecule has 0 unspecified atom stereocenters. The van der Waals surface area contributed by atoms with Crippen LogP contribution in [0.5, 0.6) is 11.5 Å². The Morgan fingerprint density at radius 1 is 1.29 bits per heavy atom. The minimum Gasteiger partial charge on any atom is -0.619 e. The van der Waals surface area contributed by atoms with Crippen LogP contribution in [0, 0.1) is 0 Å². The highest BCUT2D eigenvalue weighted by Gasteiger charge is 2.23. The molecule has 0 fully saturated rings. The monoisotopic (exact) mass is 348 g/mol. The first-order valence-corrected chi connectivity index (χ1v) is 10.0. The van der Waals surface area contributed by atoms with E-state index in [0.29, 0.717) is 17.1 Å². The maximum Gasteiger partial charge on any atom is 0.815 e. The third-order valence-electron chi connectivity index (χ3n) is 2.42. The molecule has 5 nitrogen and oxygen atoms in total. The van der Waals surface area contributed by atoms with Gasteiger partial charge in [0.2, 0.25) is 0 Å². The third-order valence-corrected chi connectivity index (χ3v) is 3.39. The molecule has 8 heteroatoms. The zero-order valence-corrected chi connectivity index (χ0v) is 14.6. The van der Waals surface area contributed by atoms with E-state index in [4.69, 9.17) is 38.1 Å². The highest BCUT2D eigenvalue weighted by Crippen LogP contribution is 2.31. The van der Waals surface area contributed by atoms with Gasteiger partial charge in [0.1, 0.15) is 17.3 Å². The molecule has 1 rings (SSSR count). The van der Waals surface area contributed by atoms with Gasteiger partial charge in [-0.2, -0.15) is 20.1 Å². The Labute approximate surface area is 136 Å². The molecule has 0 aliphatic heterocycles. The van der Waals surface area contributed by atoms with E-state index in [-0.39, 0.29) is 12.4 Å². The van der Waals surface area contributed by atoms with Crippen molar-refractivity contribution in [2.75, 3.05) is 20.8 Å². The lowest BCUT2D eigenvalue weighted by atomic mass is 10.1. The van der Waals surface area contributed by atoms with Gasteiger partial charge < -0.3 is 18.0 Å². The maximum absolute atomic E-state index is 11.6. The molecule has 114 valence electrons. The second-order valence-corrected chi connectivity index (χ2v) is 7.51. The molecule has 0 saturated carbocycles. The quantitative estimate of drug-likeness (QED) is 0.328. The van der Waals surface area contributed by atoms with Gasteiger partial charge in [-0.1, -0.05) is 0 Å². The predicted molar refractivity (Wildman–Crippen MR) is 82.7 cm³/mol. The second-order valence-electron chi connectivity index (χ2n) is 3.71. The molecule has 0 N–H and O–H groups in total. The van der Waals surface area contributed by atoms with E-state index in [2.05, 4.69) is 0 Å². The second kappa shape index (κ2) is 9.06. The Morgan fingerprint density at radius 2 is 2.00 bits per heavy atom. The van der Waals surface area contributed by atoms with Crippen molar-refractivity contribution in [3.05, 3.63) is 29.8 Å². The van der Waals surface area contributed by atoms with Gasteiger partial charge in [-0.3, -0.25) is 0 Å². The summed E-state index contributed by atoms with van der Waals surface area (Å²) in [5, 5.41) is 0. The number of methoxy groups -OCH3 is 2. The fraction of sp³-hybridized carbons (Fsp3) is 0.308. The molecule has 0 spiro atoms. The lowest BCUT2D eigenvalue weighted by molar-refractivity contribution is -0.137. The number of carbonyl (C=O) groups is 1. The summed E-state index contributed by atoms with van der Waals surface area (Å²) in [5.41, 5.74) is 0.503. The van der Waals surface area contributed by atoms with Crippen molar-refractivity contribution in [1.82, 2.24) is 0 Å². The van der Waals surface area contributed by atoms with Crippen molar-refractivity contribution < 1.29 is 22.8 Å². The normalized spacial score (nSPS) is 10.8. The third kappa shape index (κ3) is 5.68. The van der Waals surface area contributed by atoms with Crippen LogP contribution in [0.15, 0.2) is 24.3 Å². The number of halogens is 2. The van der Waals surface area contributed by atoms with Crippen LogP contribution in [0.1, 0.15) is 12.5 Å². The lowest BCUT2D eigenvalue weighted by Crippen LogP contribution is -2.07. The largest absolute Gasteiger partial charge is 0.815 e. The molecule has 1 aromatic rings. The van der Waals surface area contributed by atoms with Crippen LogP contribution in [-0.4, -0.2) is 39.4 Å². The van der Waals surface area contributed by atoms with Crippen LogP contribution < -0.4 is 9.47 Å². The molecule has 0 aliphatic rings. The summed E-state index contributed by atoms with van der Waals surface area (Å²) in [4.78, 5) is 11.6. The van der Waals surface area contributed by atoms with E-state index in [9.17, 15) is 4.79 Å². The summed E-state index contributed by atoms with van der Waals surface area (Å²) >= 11 is -2.46. The number of hydrogen-bond donors (Lipinski definition) is 0. The molecule has 0 amide bonds. The smallest absolute Gasteiger partial charge is 0.619 e. The van der Waals surface area contributed by atoms with Crippen molar-refractivity contribution >= 4 is 44.5 Å². The van der Waals surface area contributed by atoms with Gasteiger partial charge in [0, 0.05) is 0 Å². The topological polar surface area (TPSA) is 54.0 Å². The molecule has 0 aliphatic carbocycles. The van der Waals surface area contributed by atoms with Gasteiger partial charge in [0.05, 0.1) is 32.5 Å². The minimum atomic E-state index is -2.46. The Kier molecular flexibility index (Phi) is 7.76. The molecule has 1 aromatic carbocycles. The first-order valence-electron chi connectivity index (χ1n) is 6.07. The Bertz CT molecular complexity index is 519. The van der Waals surface area contributed by atoms with E-state index < -0.39 is 18.6 Å². The van der Waals surface area contributed by atoms with E-state index in [1.54, 1.807) is 25.1 Å². The Balaban J connectivity index is 3.27. The fourth-order valence-electron chi connectivity index (χ4n) is 1.57. The van der Waals surface area contributed by atoms with Crippen LogP contribution in [0.3, 0.4) is 0 Å². The standard InChI is InChI=1S/C13H16O5.Al.2ClH/c1-4-18-13(15)8-11(14)10-7-9(16-2)5-6-12(10)17-3;;;/h5-8,14H,4H2,1-3H3;;2*1H/q;+3;;/p-3/b11-8-;;;. The summed E-state index contributed by atoms with van der Waals surface area (Å²) in [5.74, 6) is 0.701. The number of carbonyl (C=O) groups excluding carboxylic acids is 1. The molecule has 0 bridgehead atoms. The van der Waals surface area contributed by atoms with E-state index >= 15 is 0 Å².